The van der Waals surface area contributed by atoms with E-state index < -0.39 is 0 Å². The highest BCUT2D eigenvalue weighted by molar-refractivity contribution is 5.14. The Morgan fingerprint density at radius 1 is 1.31 bits per heavy atom. The minimum atomic E-state index is 0.532. The van der Waals surface area contributed by atoms with Gasteiger partial charge in [-0.05, 0) is 31.0 Å². The fraction of sp³-hybridized carbons (Fsp3) is 0.643. The van der Waals surface area contributed by atoms with Crippen LogP contribution in [0.15, 0.2) is 18.3 Å². The average Bonchev–Trinajstić information content (AvgIpc) is 2.35. The summed E-state index contributed by atoms with van der Waals surface area (Å²) in [5.74, 6) is 0.692. The number of likely N-dealkylation sites (N-methyl/N-ethyl adjacent to an activating group) is 1. The highest BCUT2D eigenvalue weighted by Crippen LogP contribution is 2.12. The fourth-order valence-electron chi connectivity index (χ4n) is 1.88. The van der Waals surface area contributed by atoms with Crippen LogP contribution in [0.25, 0.3) is 0 Å². The summed E-state index contributed by atoms with van der Waals surface area (Å²) in [4.78, 5) is 4.51. The summed E-state index contributed by atoms with van der Waals surface area (Å²) >= 11 is 0. The fourth-order valence-corrected chi connectivity index (χ4v) is 1.88. The van der Waals surface area contributed by atoms with E-state index in [1.807, 2.05) is 13.2 Å². The number of nitrogens with one attached hydrogen (secondary N) is 1. The van der Waals surface area contributed by atoms with Crippen molar-refractivity contribution in [2.75, 3.05) is 7.05 Å². The molecule has 0 radical (unpaired) electrons. The molecule has 1 N–H and O–H groups in total. The molecule has 0 bridgehead atoms. The second-order valence-electron chi connectivity index (χ2n) is 4.50. The van der Waals surface area contributed by atoms with Crippen molar-refractivity contribution in [2.45, 2.75) is 46.1 Å². The van der Waals surface area contributed by atoms with Gasteiger partial charge in [-0.1, -0.05) is 33.3 Å². The van der Waals surface area contributed by atoms with Crippen LogP contribution in [0.3, 0.4) is 0 Å². The Labute approximate surface area is 99.5 Å². The maximum Gasteiger partial charge on any atom is 0.0419 e. The van der Waals surface area contributed by atoms with Gasteiger partial charge in [0.25, 0.3) is 0 Å². The molecule has 0 aliphatic carbocycles. The van der Waals surface area contributed by atoms with E-state index >= 15 is 0 Å². The molecule has 2 nitrogen and oxygen atoms in total. The molecule has 2 atom stereocenters. The third kappa shape index (κ3) is 3.60. The van der Waals surface area contributed by atoms with Gasteiger partial charge in [-0.15, -0.1) is 0 Å². The summed E-state index contributed by atoms with van der Waals surface area (Å²) in [5.41, 5.74) is 2.50. The zero-order valence-corrected chi connectivity index (χ0v) is 11.0. The molecule has 0 aliphatic rings. The Bertz CT molecular complexity index is 292. The number of rotatable bonds is 6. The SMILES string of the molecule is CCc1ccc(CC(NC)C(C)CC)nc1. The molecule has 2 unspecified atom stereocenters. The smallest absolute Gasteiger partial charge is 0.0419 e. The quantitative estimate of drug-likeness (QED) is 0.797. The molecule has 1 heterocycles. The minimum absolute atomic E-state index is 0.532. The third-order valence-corrected chi connectivity index (χ3v) is 3.42. The van der Waals surface area contributed by atoms with Crippen molar-refractivity contribution in [3.05, 3.63) is 29.6 Å². The summed E-state index contributed by atoms with van der Waals surface area (Å²) in [6, 6.07) is 4.88. The lowest BCUT2D eigenvalue weighted by Crippen LogP contribution is -2.34. The van der Waals surface area contributed by atoms with E-state index in [4.69, 9.17) is 0 Å². The van der Waals surface area contributed by atoms with Gasteiger partial charge in [-0.25, -0.2) is 0 Å². The molecule has 0 saturated carbocycles. The lowest BCUT2D eigenvalue weighted by atomic mass is 9.95. The first-order valence-electron chi connectivity index (χ1n) is 6.32. The molecule has 0 amide bonds. The van der Waals surface area contributed by atoms with Crippen molar-refractivity contribution in [1.82, 2.24) is 10.3 Å². The number of nitrogens with zero attached hydrogens (tertiary/aromatic N) is 1. The van der Waals surface area contributed by atoms with Crippen LogP contribution in [0, 0.1) is 5.92 Å². The summed E-state index contributed by atoms with van der Waals surface area (Å²) in [5, 5.41) is 3.39. The molecular formula is C14H24N2. The van der Waals surface area contributed by atoms with Gasteiger partial charge in [-0.3, -0.25) is 4.98 Å². The second-order valence-corrected chi connectivity index (χ2v) is 4.50. The standard InChI is InChI=1S/C14H24N2/c1-5-11(3)14(15-4)9-13-8-7-12(6-2)10-16-13/h7-8,10-11,14-15H,5-6,9H2,1-4H3. The van der Waals surface area contributed by atoms with Crippen LogP contribution in [-0.2, 0) is 12.8 Å². The number of hydrogen-bond acceptors (Lipinski definition) is 2. The topological polar surface area (TPSA) is 24.9 Å². The van der Waals surface area contributed by atoms with E-state index in [9.17, 15) is 0 Å². The van der Waals surface area contributed by atoms with Gasteiger partial charge < -0.3 is 5.32 Å². The molecular weight excluding hydrogens is 196 g/mol. The maximum atomic E-state index is 4.51. The Balaban J connectivity index is 2.63. The summed E-state index contributed by atoms with van der Waals surface area (Å²) in [7, 11) is 2.04. The van der Waals surface area contributed by atoms with E-state index in [1.54, 1.807) is 0 Å². The maximum absolute atomic E-state index is 4.51. The number of aryl methyl sites for hydroxylation is 1. The van der Waals surface area contributed by atoms with Gasteiger partial charge >= 0.3 is 0 Å². The van der Waals surface area contributed by atoms with E-state index in [0.29, 0.717) is 12.0 Å². The van der Waals surface area contributed by atoms with Gasteiger partial charge in [-0.2, -0.15) is 0 Å². The Kier molecular flexibility index (Phi) is 5.47. The lowest BCUT2D eigenvalue weighted by Gasteiger charge is -2.22. The molecule has 0 aromatic carbocycles. The van der Waals surface area contributed by atoms with Crippen molar-refractivity contribution in [1.29, 1.82) is 0 Å². The zero-order valence-electron chi connectivity index (χ0n) is 11.0. The number of aromatic nitrogens is 1. The first-order chi connectivity index (χ1) is 7.71. The molecule has 0 spiro atoms. The summed E-state index contributed by atoms with van der Waals surface area (Å²) in [6.07, 6.45) is 5.29. The van der Waals surface area contributed by atoms with Crippen molar-refractivity contribution >= 4 is 0 Å². The van der Waals surface area contributed by atoms with Crippen LogP contribution in [-0.4, -0.2) is 18.1 Å². The predicted molar refractivity (Wildman–Crippen MR) is 69.6 cm³/mol. The average molecular weight is 220 g/mol. The highest BCUT2D eigenvalue weighted by atomic mass is 14.9. The molecule has 1 aromatic rings. The predicted octanol–water partition coefficient (Wildman–Crippen LogP) is 2.82. The van der Waals surface area contributed by atoms with E-state index in [0.717, 1.165) is 12.8 Å². The molecule has 90 valence electrons. The van der Waals surface area contributed by atoms with Gasteiger partial charge in [0.15, 0.2) is 0 Å². The largest absolute Gasteiger partial charge is 0.316 e. The zero-order chi connectivity index (χ0) is 12.0. The molecule has 16 heavy (non-hydrogen) atoms. The van der Waals surface area contributed by atoms with Crippen LogP contribution in [0.4, 0.5) is 0 Å². The van der Waals surface area contributed by atoms with Crippen LogP contribution in [0.2, 0.25) is 0 Å². The molecule has 2 heteroatoms. The van der Waals surface area contributed by atoms with Crippen LogP contribution in [0.5, 0.6) is 0 Å². The highest BCUT2D eigenvalue weighted by Gasteiger charge is 2.14. The first kappa shape index (κ1) is 13.2. The van der Waals surface area contributed by atoms with Crippen LogP contribution >= 0.6 is 0 Å². The molecule has 0 fully saturated rings. The van der Waals surface area contributed by atoms with Crippen molar-refractivity contribution in [2.24, 2.45) is 5.92 Å². The Morgan fingerprint density at radius 3 is 2.50 bits per heavy atom. The van der Waals surface area contributed by atoms with E-state index in [1.165, 1.54) is 17.7 Å². The molecule has 1 rings (SSSR count). The van der Waals surface area contributed by atoms with Crippen LogP contribution in [0.1, 0.15) is 38.4 Å². The van der Waals surface area contributed by atoms with Gasteiger partial charge in [0.05, 0.1) is 0 Å². The van der Waals surface area contributed by atoms with E-state index in [2.05, 4.69) is 43.2 Å². The summed E-state index contributed by atoms with van der Waals surface area (Å²) < 4.78 is 0. The van der Waals surface area contributed by atoms with E-state index in [-0.39, 0.29) is 0 Å². The molecule has 0 aliphatic heterocycles. The van der Waals surface area contributed by atoms with Gasteiger partial charge in [0, 0.05) is 24.4 Å². The van der Waals surface area contributed by atoms with Gasteiger partial charge in [0.2, 0.25) is 0 Å². The Morgan fingerprint density at radius 2 is 2.06 bits per heavy atom. The number of pyridine rings is 1. The molecule has 0 saturated heterocycles. The first-order valence-corrected chi connectivity index (χ1v) is 6.32. The molecule has 1 aromatic heterocycles. The monoisotopic (exact) mass is 220 g/mol. The second kappa shape index (κ2) is 6.64. The number of hydrogen-bond donors (Lipinski definition) is 1. The van der Waals surface area contributed by atoms with Gasteiger partial charge in [0.1, 0.15) is 0 Å². The van der Waals surface area contributed by atoms with Crippen molar-refractivity contribution < 1.29 is 0 Å². The Hall–Kier alpha value is -0.890. The minimum Gasteiger partial charge on any atom is -0.316 e. The van der Waals surface area contributed by atoms with Crippen molar-refractivity contribution in [3.8, 4) is 0 Å². The summed E-state index contributed by atoms with van der Waals surface area (Å²) in [6.45, 7) is 6.69. The third-order valence-electron chi connectivity index (χ3n) is 3.42. The normalized spacial score (nSPS) is 14.8. The van der Waals surface area contributed by atoms with Crippen LogP contribution < -0.4 is 5.32 Å². The van der Waals surface area contributed by atoms with Crippen molar-refractivity contribution in [3.63, 3.8) is 0 Å². The lowest BCUT2D eigenvalue weighted by molar-refractivity contribution is 0.384.